The van der Waals surface area contributed by atoms with Gasteiger partial charge in [-0.05, 0) is 77.8 Å². The first-order valence-corrected chi connectivity index (χ1v) is 15.6. The van der Waals surface area contributed by atoms with Crippen LogP contribution in [0.4, 0.5) is 35.9 Å². The van der Waals surface area contributed by atoms with Crippen molar-refractivity contribution < 1.29 is 13.2 Å². The summed E-state index contributed by atoms with van der Waals surface area (Å²) in [6.45, 7) is 4.95. The minimum Gasteiger partial charge on any atom is -0.366 e. The van der Waals surface area contributed by atoms with Crippen LogP contribution in [-0.2, 0) is 6.18 Å². The predicted molar refractivity (Wildman–Crippen MR) is 144 cm³/mol. The van der Waals surface area contributed by atoms with Crippen molar-refractivity contribution in [1.82, 2.24) is 0 Å². The highest BCUT2D eigenvalue weighted by molar-refractivity contribution is 6.84. The van der Waals surface area contributed by atoms with E-state index in [-0.39, 0.29) is 0 Å². The van der Waals surface area contributed by atoms with E-state index < -0.39 is 20.0 Å². The maximum atomic E-state index is 13.1. The molecule has 3 atom stereocenters. The first-order chi connectivity index (χ1) is 17.2. The molecule has 0 aromatic heterocycles. The van der Waals surface area contributed by atoms with Gasteiger partial charge < -0.3 is 9.88 Å². The molecule has 0 spiro atoms. The Bertz CT molecular complexity index is 1310. The second-order valence-corrected chi connectivity index (χ2v) is 15.1. The third kappa shape index (κ3) is 3.70. The van der Waals surface area contributed by atoms with Crippen molar-refractivity contribution in [2.75, 3.05) is 9.88 Å². The molecular formula is C30H29F3N2Si. The highest BCUT2D eigenvalue weighted by Gasteiger charge is 2.50. The number of halogens is 3. The van der Waals surface area contributed by atoms with E-state index in [9.17, 15) is 13.2 Å². The monoisotopic (exact) mass is 502 g/mol. The lowest BCUT2D eigenvalue weighted by Crippen LogP contribution is -2.52. The van der Waals surface area contributed by atoms with E-state index in [2.05, 4.69) is 89.7 Å². The van der Waals surface area contributed by atoms with Crippen LogP contribution >= 0.6 is 0 Å². The average molecular weight is 503 g/mol. The Balaban J connectivity index is 1.34. The lowest BCUT2D eigenvalue weighted by molar-refractivity contribution is -0.137. The number of anilines is 4. The number of fused-ring (bicyclic) bond motifs is 3. The molecule has 0 bridgehead atoms. The molecule has 0 amide bonds. The van der Waals surface area contributed by atoms with Gasteiger partial charge in [0.2, 0.25) is 0 Å². The molecule has 3 aliphatic rings. The lowest BCUT2D eigenvalue weighted by atomic mass is 9.81. The number of hydrogen-bond acceptors (Lipinski definition) is 2. The van der Waals surface area contributed by atoms with Gasteiger partial charge in [-0.3, -0.25) is 0 Å². The number of para-hydroxylation sites is 4. The van der Waals surface area contributed by atoms with Crippen LogP contribution in [0.15, 0.2) is 91.0 Å². The highest BCUT2D eigenvalue weighted by atomic mass is 28.3. The van der Waals surface area contributed by atoms with Gasteiger partial charge in [0, 0.05) is 0 Å². The zero-order valence-electron chi connectivity index (χ0n) is 20.4. The van der Waals surface area contributed by atoms with E-state index in [1.807, 2.05) is 0 Å². The fourth-order valence-corrected chi connectivity index (χ4v) is 10.8. The largest absolute Gasteiger partial charge is 0.416 e. The van der Waals surface area contributed by atoms with Crippen LogP contribution in [0.3, 0.4) is 0 Å². The molecule has 36 heavy (non-hydrogen) atoms. The van der Waals surface area contributed by atoms with Crippen molar-refractivity contribution in [3.63, 3.8) is 0 Å². The molecule has 1 saturated carbocycles. The van der Waals surface area contributed by atoms with Gasteiger partial charge in [0.1, 0.15) is 0 Å². The molecule has 1 fully saturated rings. The standard InChI is InChI=1S/C30H29F3N2Si/c1-36(2,35-27-12-5-3-10-25(27)34-26-11-4-6-13-28(26)35)29-19-18-23-22(8-7-9-24(23)29)20-14-16-21(17-15-20)30(31,32)33/h3-17,23-24,29,34H,18-19H2,1-2H3/t23-,24+,29?/m1/s1. The molecule has 3 aromatic rings. The van der Waals surface area contributed by atoms with E-state index >= 15 is 0 Å². The molecule has 1 heterocycles. The fraction of sp³-hybridized carbons (Fsp3) is 0.267. The van der Waals surface area contributed by atoms with Crippen LogP contribution in [0.2, 0.25) is 18.6 Å². The minimum absolute atomic E-state index is 0.330. The first-order valence-electron chi connectivity index (χ1n) is 12.6. The number of nitrogens with one attached hydrogen (secondary N) is 1. The number of alkyl halides is 3. The molecule has 184 valence electrons. The summed E-state index contributed by atoms with van der Waals surface area (Å²) in [7, 11) is -2.08. The fourth-order valence-electron chi connectivity index (χ4n) is 6.66. The van der Waals surface area contributed by atoms with Crippen molar-refractivity contribution in [2.24, 2.45) is 11.8 Å². The summed E-state index contributed by atoms with van der Waals surface area (Å²) >= 11 is 0. The normalized spacial score (nSPS) is 22.9. The van der Waals surface area contributed by atoms with Crippen LogP contribution in [0, 0.1) is 11.8 Å². The molecule has 1 unspecified atom stereocenters. The van der Waals surface area contributed by atoms with Crippen molar-refractivity contribution in [3.05, 3.63) is 102 Å². The lowest BCUT2D eigenvalue weighted by Gasteiger charge is -2.48. The van der Waals surface area contributed by atoms with Gasteiger partial charge in [0.15, 0.2) is 8.24 Å². The van der Waals surface area contributed by atoms with Crippen molar-refractivity contribution >= 4 is 36.6 Å². The summed E-state index contributed by atoms with van der Waals surface area (Å²) in [5, 5.41) is 3.61. The van der Waals surface area contributed by atoms with E-state index in [1.54, 1.807) is 12.1 Å². The van der Waals surface area contributed by atoms with Crippen LogP contribution in [0.5, 0.6) is 0 Å². The second kappa shape index (κ2) is 8.41. The van der Waals surface area contributed by atoms with Gasteiger partial charge in [-0.15, -0.1) is 0 Å². The number of hydrogen-bond donors (Lipinski definition) is 1. The Morgan fingerprint density at radius 1 is 0.833 bits per heavy atom. The summed E-state index contributed by atoms with van der Waals surface area (Å²) in [5.41, 5.74) is 6.72. The molecule has 2 nitrogen and oxygen atoms in total. The van der Waals surface area contributed by atoms with E-state index in [4.69, 9.17) is 0 Å². The number of nitrogens with zero attached hydrogens (tertiary/aromatic N) is 1. The Kier molecular flexibility index (Phi) is 5.41. The summed E-state index contributed by atoms with van der Waals surface area (Å²) in [4.78, 5) is 0. The molecule has 0 saturated heterocycles. The molecule has 0 radical (unpaired) electrons. The highest BCUT2D eigenvalue weighted by Crippen LogP contribution is 2.57. The molecule has 1 N–H and O–H groups in total. The summed E-state index contributed by atoms with van der Waals surface area (Å²) in [5.74, 6) is 0.708. The topological polar surface area (TPSA) is 15.3 Å². The van der Waals surface area contributed by atoms with Gasteiger partial charge in [-0.1, -0.05) is 67.7 Å². The summed E-state index contributed by atoms with van der Waals surface area (Å²) in [6, 6.07) is 22.8. The molecule has 3 aromatic carbocycles. The van der Waals surface area contributed by atoms with Crippen molar-refractivity contribution in [2.45, 2.75) is 37.7 Å². The molecular weight excluding hydrogens is 473 g/mol. The van der Waals surface area contributed by atoms with Gasteiger partial charge in [0.25, 0.3) is 0 Å². The van der Waals surface area contributed by atoms with Crippen molar-refractivity contribution in [3.8, 4) is 0 Å². The third-order valence-corrected chi connectivity index (χ3v) is 12.4. The third-order valence-electron chi connectivity index (χ3n) is 8.32. The Morgan fingerprint density at radius 3 is 2.06 bits per heavy atom. The Labute approximate surface area is 211 Å². The second-order valence-electron chi connectivity index (χ2n) is 10.6. The Morgan fingerprint density at radius 2 is 1.44 bits per heavy atom. The molecule has 1 aliphatic heterocycles. The number of rotatable bonds is 3. The molecule has 6 heteroatoms. The SMILES string of the molecule is C[Si](C)(C1CC[C@@H]2C(c3ccc(C(F)(F)F)cc3)=CC=C[C@H]12)N1c2ccccc2Nc2ccccc21. The Hall–Kier alpha value is -3.25. The van der Waals surface area contributed by atoms with E-state index in [1.165, 1.54) is 29.1 Å². The molecule has 2 aliphatic carbocycles. The summed E-state index contributed by atoms with van der Waals surface area (Å²) in [6.07, 6.45) is 4.44. The minimum atomic E-state index is -4.31. The first kappa shape index (κ1) is 23.2. The van der Waals surface area contributed by atoms with Gasteiger partial charge in [-0.2, -0.15) is 13.2 Å². The van der Waals surface area contributed by atoms with Crippen LogP contribution < -0.4 is 9.88 Å². The number of allylic oxidation sites excluding steroid dienone is 4. The van der Waals surface area contributed by atoms with Crippen molar-refractivity contribution in [1.29, 1.82) is 0 Å². The molecule has 6 rings (SSSR count). The zero-order chi connectivity index (χ0) is 25.1. The predicted octanol–water partition coefficient (Wildman–Crippen LogP) is 9.16. The van der Waals surface area contributed by atoms with E-state index in [0.29, 0.717) is 17.4 Å². The number of benzene rings is 3. The zero-order valence-corrected chi connectivity index (χ0v) is 21.4. The maximum Gasteiger partial charge on any atom is 0.416 e. The smallest absolute Gasteiger partial charge is 0.366 e. The summed E-state index contributed by atoms with van der Waals surface area (Å²) < 4.78 is 42.0. The van der Waals surface area contributed by atoms with Gasteiger partial charge in [-0.25, -0.2) is 0 Å². The van der Waals surface area contributed by atoms with Gasteiger partial charge >= 0.3 is 6.18 Å². The van der Waals surface area contributed by atoms with Crippen LogP contribution in [-0.4, -0.2) is 8.24 Å². The van der Waals surface area contributed by atoms with E-state index in [0.717, 1.165) is 29.8 Å². The quantitative estimate of drug-likeness (QED) is 0.359. The van der Waals surface area contributed by atoms with Crippen LogP contribution in [0.25, 0.3) is 5.57 Å². The maximum absolute atomic E-state index is 13.1. The van der Waals surface area contributed by atoms with Gasteiger partial charge in [0.05, 0.1) is 28.3 Å². The average Bonchev–Trinajstić information content (AvgIpc) is 3.32. The van der Waals surface area contributed by atoms with Crippen LogP contribution in [0.1, 0.15) is 24.0 Å².